The maximum Gasteiger partial charge on any atom is 0.231 e. The second-order valence-electron chi connectivity index (χ2n) is 5.76. The lowest BCUT2D eigenvalue weighted by Crippen LogP contribution is -2.27. The molecule has 4 nitrogen and oxygen atoms in total. The highest BCUT2D eigenvalue weighted by Crippen LogP contribution is 2.30. The van der Waals surface area contributed by atoms with Crippen molar-refractivity contribution < 1.29 is 4.52 Å². The molecule has 3 rings (SSSR count). The van der Waals surface area contributed by atoms with Crippen molar-refractivity contribution in [2.24, 2.45) is 5.73 Å². The molecule has 1 aliphatic carbocycles. The summed E-state index contributed by atoms with van der Waals surface area (Å²) in [5, 5.41) is 4.12. The maximum atomic E-state index is 6.26. The lowest BCUT2D eigenvalue weighted by molar-refractivity contribution is 0.323. The zero-order valence-electron chi connectivity index (χ0n) is 12.0. The van der Waals surface area contributed by atoms with Crippen LogP contribution in [0.5, 0.6) is 0 Å². The first-order chi connectivity index (χ1) is 10.2. The minimum Gasteiger partial charge on any atom is -0.339 e. The second kappa shape index (κ2) is 6.71. The van der Waals surface area contributed by atoms with Crippen LogP contribution < -0.4 is 5.73 Å². The fraction of sp³-hybridized carbons (Fsp3) is 0.500. The van der Waals surface area contributed by atoms with E-state index < -0.39 is 0 Å². The van der Waals surface area contributed by atoms with Crippen LogP contribution in [0.25, 0.3) is 0 Å². The van der Waals surface area contributed by atoms with Gasteiger partial charge < -0.3 is 10.3 Å². The van der Waals surface area contributed by atoms with Gasteiger partial charge in [0.2, 0.25) is 5.89 Å². The summed E-state index contributed by atoms with van der Waals surface area (Å²) in [7, 11) is 0. The van der Waals surface area contributed by atoms with Crippen LogP contribution in [0.1, 0.15) is 55.3 Å². The smallest absolute Gasteiger partial charge is 0.231 e. The van der Waals surface area contributed by atoms with Gasteiger partial charge in [0.05, 0.1) is 5.92 Å². The number of nitrogens with zero attached hydrogens (tertiary/aromatic N) is 2. The van der Waals surface area contributed by atoms with Gasteiger partial charge in [-0.1, -0.05) is 52.5 Å². The zero-order chi connectivity index (χ0) is 14.7. The number of benzene rings is 1. The third kappa shape index (κ3) is 3.71. The van der Waals surface area contributed by atoms with Crippen molar-refractivity contribution in [3.05, 3.63) is 46.0 Å². The van der Waals surface area contributed by atoms with Crippen molar-refractivity contribution in [1.29, 1.82) is 0 Å². The zero-order valence-corrected chi connectivity index (χ0v) is 13.6. The van der Waals surface area contributed by atoms with Crippen molar-refractivity contribution in [3.8, 4) is 0 Å². The van der Waals surface area contributed by atoms with Crippen LogP contribution >= 0.6 is 15.9 Å². The van der Waals surface area contributed by atoms with Crippen molar-refractivity contribution in [2.75, 3.05) is 0 Å². The molecule has 0 spiro atoms. The number of hydrogen-bond donors (Lipinski definition) is 1. The molecule has 5 heteroatoms. The minimum absolute atomic E-state index is 0.145. The van der Waals surface area contributed by atoms with E-state index in [0.29, 0.717) is 6.42 Å². The van der Waals surface area contributed by atoms with Gasteiger partial charge in [0, 0.05) is 16.9 Å². The number of halogens is 1. The molecule has 1 fully saturated rings. The van der Waals surface area contributed by atoms with Crippen LogP contribution in [-0.2, 0) is 6.42 Å². The van der Waals surface area contributed by atoms with E-state index in [0.717, 1.165) is 29.0 Å². The van der Waals surface area contributed by atoms with Crippen LogP contribution in [0.15, 0.2) is 33.3 Å². The summed E-state index contributed by atoms with van der Waals surface area (Å²) in [6.45, 7) is 0. The largest absolute Gasteiger partial charge is 0.339 e. The third-order valence-corrected chi connectivity index (χ3v) is 4.61. The summed E-state index contributed by atoms with van der Waals surface area (Å²) < 4.78 is 6.54. The topological polar surface area (TPSA) is 64.9 Å². The van der Waals surface area contributed by atoms with Gasteiger partial charge in [-0.15, -0.1) is 0 Å². The summed E-state index contributed by atoms with van der Waals surface area (Å²) in [4.78, 5) is 4.58. The molecule has 1 aliphatic rings. The summed E-state index contributed by atoms with van der Waals surface area (Å²) in [6, 6.07) is 8.31. The number of rotatable bonds is 3. The van der Waals surface area contributed by atoms with Gasteiger partial charge >= 0.3 is 0 Å². The summed E-state index contributed by atoms with van der Waals surface area (Å²) in [5.41, 5.74) is 7.43. The molecule has 1 aromatic heterocycles. The highest BCUT2D eigenvalue weighted by Gasteiger charge is 2.27. The molecule has 112 valence electrons. The molecule has 2 unspecified atom stereocenters. The predicted molar refractivity (Wildman–Crippen MR) is 85.0 cm³/mol. The molecule has 0 saturated heterocycles. The third-order valence-electron chi connectivity index (χ3n) is 4.12. The fourth-order valence-corrected chi connectivity index (χ4v) is 3.41. The van der Waals surface area contributed by atoms with E-state index in [-0.39, 0.29) is 12.0 Å². The second-order valence-corrected chi connectivity index (χ2v) is 6.68. The van der Waals surface area contributed by atoms with Crippen molar-refractivity contribution in [1.82, 2.24) is 10.1 Å². The molecule has 2 aromatic rings. The highest BCUT2D eigenvalue weighted by molar-refractivity contribution is 9.10. The van der Waals surface area contributed by atoms with E-state index in [9.17, 15) is 0 Å². The molecule has 0 amide bonds. The molecule has 0 aliphatic heterocycles. The number of aromatic nitrogens is 2. The van der Waals surface area contributed by atoms with Crippen molar-refractivity contribution in [2.45, 2.75) is 50.5 Å². The summed E-state index contributed by atoms with van der Waals surface area (Å²) >= 11 is 3.48. The lowest BCUT2D eigenvalue weighted by atomic mass is 9.95. The Morgan fingerprint density at radius 2 is 2.10 bits per heavy atom. The Hall–Kier alpha value is -1.20. The molecule has 1 aromatic carbocycles. The lowest BCUT2D eigenvalue weighted by Gasteiger charge is -2.16. The quantitative estimate of drug-likeness (QED) is 0.856. The number of nitrogens with two attached hydrogens (primary N) is 1. The van der Waals surface area contributed by atoms with Crippen LogP contribution in [0.3, 0.4) is 0 Å². The van der Waals surface area contributed by atoms with E-state index in [4.69, 9.17) is 10.3 Å². The minimum atomic E-state index is 0.145. The van der Waals surface area contributed by atoms with Crippen LogP contribution in [0.4, 0.5) is 0 Å². The fourth-order valence-electron chi connectivity index (χ4n) is 2.96. The molecule has 0 radical (unpaired) electrons. The standard InChI is InChI=1S/C16H20BrN3O/c17-12-6-4-5-11(9-12)10-15-19-16(21-20-15)13-7-2-1-3-8-14(13)18/h4-6,9,13-14H,1-3,7-8,10,18H2. The average molecular weight is 350 g/mol. The molecular weight excluding hydrogens is 330 g/mol. The molecule has 0 bridgehead atoms. The summed E-state index contributed by atoms with van der Waals surface area (Å²) in [5.74, 6) is 1.67. The van der Waals surface area contributed by atoms with Crippen LogP contribution in [-0.4, -0.2) is 16.2 Å². The average Bonchev–Trinajstić information content (AvgIpc) is 2.80. The van der Waals surface area contributed by atoms with E-state index in [2.05, 4.69) is 38.2 Å². The molecule has 2 atom stereocenters. The molecule has 1 heterocycles. The normalized spacial score (nSPS) is 23.0. The molecule has 2 N–H and O–H groups in total. The Balaban J connectivity index is 1.73. The first-order valence-electron chi connectivity index (χ1n) is 7.55. The Kier molecular flexibility index (Phi) is 4.70. The number of hydrogen-bond acceptors (Lipinski definition) is 4. The highest BCUT2D eigenvalue weighted by atomic mass is 79.9. The monoisotopic (exact) mass is 349 g/mol. The molecule has 1 saturated carbocycles. The van der Waals surface area contributed by atoms with Gasteiger partial charge in [0.25, 0.3) is 0 Å². The first-order valence-corrected chi connectivity index (χ1v) is 8.34. The van der Waals surface area contributed by atoms with Gasteiger partial charge in [-0.3, -0.25) is 0 Å². The Labute approximate surface area is 133 Å². The van der Waals surface area contributed by atoms with Gasteiger partial charge in [-0.2, -0.15) is 4.98 Å². The van der Waals surface area contributed by atoms with E-state index >= 15 is 0 Å². The maximum absolute atomic E-state index is 6.26. The Morgan fingerprint density at radius 1 is 1.24 bits per heavy atom. The Morgan fingerprint density at radius 3 is 2.95 bits per heavy atom. The molecular formula is C16H20BrN3O. The van der Waals surface area contributed by atoms with Gasteiger partial charge in [-0.05, 0) is 30.5 Å². The van der Waals surface area contributed by atoms with E-state index in [1.807, 2.05) is 12.1 Å². The van der Waals surface area contributed by atoms with Crippen LogP contribution in [0.2, 0.25) is 0 Å². The molecule has 21 heavy (non-hydrogen) atoms. The van der Waals surface area contributed by atoms with Gasteiger partial charge in [0.1, 0.15) is 0 Å². The van der Waals surface area contributed by atoms with Gasteiger partial charge in [0.15, 0.2) is 5.82 Å². The first kappa shape index (κ1) is 14.7. The van der Waals surface area contributed by atoms with Crippen molar-refractivity contribution in [3.63, 3.8) is 0 Å². The Bertz CT molecular complexity index is 599. The van der Waals surface area contributed by atoms with Gasteiger partial charge in [-0.25, -0.2) is 0 Å². The van der Waals surface area contributed by atoms with Crippen LogP contribution in [0, 0.1) is 0 Å². The van der Waals surface area contributed by atoms with E-state index in [1.54, 1.807) is 0 Å². The summed E-state index contributed by atoms with van der Waals surface area (Å²) in [6.07, 6.45) is 6.44. The van der Waals surface area contributed by atoms with E-state index in [1.165, 1.54) is 24.8 Å². The predicted octanol–water partition coefficient (Wildman–Crippen LogP) is 3.80. The van der Waals surface area contributed by atoms with Crippen molar-refractivity contribution >= 4 is 15.9 Å². The SMILES string of the molecule is NC1CCCCCC1c1nc(Cc2cccc(Br)c2)no1.